The second kappa shape index (κ2) is 7.76. The topological polar surface area (TPSA) is 89.6 Å². The van der Waals surface area contributed by atoms with Crippen LogP contribution in [0.15, 0.2) is 48.5 Å². The third kappa shape index (κ3) is 3.36. The molecule has 2 aromatic heterocycles. The van der Waals surface area contributed by atoms with Crippen LogP contribution >= 0.6 is 11.6 Å². The summed E-state index contributed by atoms with van der Waals surface area (Å²) in [5.41, 5.74) is 4.70. The Bertz CT molecular complexity index is 1300. The Kier molecular flexibility index (Phi) is 4.92. The molecule has 8 heteroatoms. The number of carbonyl (C=O) groups is 1. The van der Waals surface area contributed by atoms with E-state index in [4.69, 9.17) is 21.4 Å². The van der Waals surface area contributed by atoms with Crippen molar-refractivity contribution in [3.8, 4) is 16.9 Å². The third-order valence-electron chi connectivity index (χ3n) is 5.63. The molecular formula is C23H19ClN4O3. The highest BCUT2D eigenvalue weighted by Crippen LogP contribution is 2.37. The number of para-hydroxylation sites is 1. The number of ketones is 1. The number of aromatic nitrogens is 4. The predicted molar refractivity (Wildman–Crippen MR) is 115 cm³/mol. The molecular weight excluding hydrogens is 416 g/mol. The number of methoxy groups -OCH3 is 1. The average molecular weight is 435 g/mol. The molecule has 31 heavy (non-hydrogen) atoms. The SMILES string of the molecule is COCc1nn2c3c(nnc2c1-c1ccc(Cl)cc1)C(=O)C[C@@H](c1ccccc1O)C3. The number of hydrogen-bond donors (Lipinski definition) is 1. The molecule has 1 atom stereocenters. The van der Waals surface area contributed by atoms with Crippen molar-refractivity contribution >= 4 is 23.0 Å². The van der Waals surface area contributed by atoms with Crippen molar-refractivity contribution in [2.24, 2.45) is 0 Å². The lowest BCUT2D eigenvalue weighted by molar-refractivity contribution is 0.0955. The van der Waals surface area contributed by atoms with E-state index in [1.165, 1.54) is 0 Å². The molecule has 0 bridgehead atoms. The summed E-state index contributed by atoms with van der Waals surface area (Å²) in [6.45, 7) is 0.285. The van der Waals surface area contributed by atoms with Crippen LogP contribution in [-0.4, -0.2) is 37.8 Å². The van der Waals surface area contributed by atoms with Gasteiger partial charge in [0.05, 0.1) is 23.6 Å². The number of fused-ring (bicyclic) bond motifs is 3. The summed E-state index contributed by atoms with van der Waals surface area (Å²) < 4.78 is 7.06. The number of halogens is 1. The zero-order chi connectivity index (χ0) is 21.5. The average Bonchev–Trinajstić information content (AvgIpc) is 3.13. The number of nitrogens with zero attached hydrogens (tertiary/aromatic N) is 4. The maximum Gasteiger partial charge on any atom is 0.185 e. The standard InChI is InChI=1S/C23H19ClN4O3/c1-31-12-17-21(13-6-8-15(24)9-7-13)23-26-25-22-18(28(23)27-17)10-14(11-20(22)30)16-4-2-3-5-19(16)29/h2-9,14,29H,10-12H2,1H3/t14-/m0/s1. The molecule has 4 aromatic rings. The Morgan fingerprint density at radius 1 is 1.13 bits per heavy atom. The lowest BCUT2D eigenvalue weighted by Crippen LogP contribution is -2.24. The summed E-state index contributed by atoms with van der Waals surface area (Å²) in [6.07, 6.45) is 0.778. The zero-order valence-corrected chi connectivity index (χ0v) is 17.5. The first-order valence-corrected chi connectivity index (χ1v) is 10.3. The Morgan fingerprint density at radius 3 is 2.65 bits per heavy atom. The van der Waals surface area contributed by atoms with Crippen molar-refractivity contribution < 1.29 is 14.6 Å². The van der Waals surface area contributed by atoms with E-state index in [-0.39, 0.29) is 30.5 Å². The summed E-state index contributed by atoms with van der Waals surface area (Å²) in [5.74, 6) is -0.0900. The van der Waals surface area contributed by atoms with Crippen LogP contribution in [-0.2, 0) is 17.8 Å². The largest absolute Gasteiger partial charge is 0.508 e. The van der Waals surface area contributed by atoms with E-state index in [0.29, 0.717) is 34.2 Å². The summed E-state index contributed by atoms with van der Waals surface area (Å²) >= 11 is 6.06. The number of phenols is 1. The van der Waals surface area contributed by atoms with Gasteiger partial charge >= 0.3 is 0 Å². The minimum absolute atomic E-state index is 0.110. The fourth-order valence-corrected chi connectivity index (χ4v) is 4.34. The maximum absolute atomic E-state index is 12.9. The van der Waals surface area contributed by atoms with Gasteiger partial charge in [0, 0.05) is 24.5 Å². The highest BCUT2D eigenvalue weighted by molar-refractivity contribution is 6.30. The van der Waals surface area contributed by atoms with Crippen LogP contribution < -0.4 is 0 Å². The quantitative estimate of drug-likeness (QED) is 0.517. The molecule has 1 N–H and O–H groups in total. The van der Waals surface area contributed by atoms with E-state index in [9.17, 15) is 9.90 Å². The van der Waals surface area contributed by atoms with Gasteiger partial charge in [-0.05, 0) is 35.7 Å². The van der Waals surface area contributed by atoms with Crippen LogP contribution in [0.3, 0.4) is 0 Å². The van der Waals surface area contributed by atoms with Crippen molar-refractivity contribution in [3.63, 3.8) is 0 Å². The Balaban J connectivity index is 1.69. The monoisotopic (exact) mass is 434 g/mol. The number of carbonyl (C=O) groups excluding carboxylic acids is 1. The van der Waals surface area contributed by atoms with E-state index in [1.54, 1.807) is 35.9 Å². The molecule has 2 heterocycles. The van der Waals surface area contributed by atoms with Crippen LogP contribution in [0.2, 0.25) is 5.02 Å². The number of phenolic OH excluding ortho intramolecular Hbond substituents is 1. The lowest BCUT2D eigenvalue weighted by atomic mass is 9.83. The molecule has 5 rings (SSSR count). The molecule has 0 radical (unpaired) electrons. The molecule has 0 spiro atoms. The van der Waals surface area contributed by atoms with E-state index in [2.05, 4.69) is 10.2 Å². The van der Waals surface area contributed by atoms with Crippen molar-refractivity contribution in [1.29, 1.82) is 0 Å². The fraction of sp³-hybridized carbons (Fsp3) is 0.217. The van der Waals surface area contributed by atoms with Gasteiger partial charge in [0.2, 0.25) is 0 Å². The molecule has 0 unspecified atom stereocenters. The van der Waals surface area contributed by atoms with Gasteiger partial charge in [0.1, 0.15) is 5.75 Å². The molecule has 1 aliphatic carbocycles. The highest BCUT2D eigenvalue weighted by atomic mass is 35.5. The van der Waals surface area contributed by atoms with Gasteiger partial charge in [-0.2, -0.15) is 5.10 Å². The van der Waals surface area contributed by atoms with Gasteiger partial charge in [-0.25, -0.2) is 4.52 Å². The predicted octanol–water partition coefficient (Wildman–Crippen LogP) is 4.21. The minimum Gasteiger partial charge on any atom is -0.508 e. The Labute approximate surface area is 183 Å². The molecule has 0 saturated heterocycles. The summed E-state index contributed by atoms with van der Waals surface area (Å²) in [5, 5.41) is 24.3. The molecule has 156 valence electrons. The number of ether oxygens (including phenoxy) is 1. The number of aromatic hydroxyl groups is 1. The van der Waals surface area contributed by atoms with Gasteiger partial charge in [0.15, 0.2) is 17.1 Å². The fourth-order valence-electron chi connectivity index (χ4n) is 4.22. The smallest absolute Gasteiger partial charge is 0.185 e. The zero-order valence-electron chi connectivity index (χ0n) is 16.7. The third-order valence-corrected chi connectivity index (χ3v) is 5.89. The van der Waals surface area contributed by atoms with E-state index in [0.717, 1.165) is 16.7 Å². The maximum atomic E-state index is 12.9. The van der Waals surface area contributed by atoms with Crippen LogP contribution in [0.25, 0.3) is 16.8 Å². The van der Waals surface area contributed by atoms with Gasteiger partial charge in [0.25, 0.3) is 0 Å². The summed E-state index contributed by atoms with van der Waals surface area (Å²) in [7, 11) is 1.61. The number of hydrogen-bond acceptors (Lipinski definition) is 6. The summed E-state index contributed by atoms with van der Waals surface area (Å²) in [4.78, 5) is 12.9. The number of benzene rings is 2. The molecule has 0 fully saturated rings. The normalized spacial score (nSPS) is 15.9. The van der Waals surface area contributed by atoms with Crippen LogP contribution in [0.4, 0.5) is 0 Å². The Morgan fingerprint density at radius 2 is 1.90 bits per heavy atom. The van der Waals surface area contributed by atoms with Gasteiger partial charge in [-0.3, -0.25) is 4.79 Å². The molecule has 7 nitrogen and oxygen atoms in total. The second-order valence-electron chi connectivity index (χ2n) is 7.58. The molecule has 0 aliphatic heterocycles. The first-order chi connectivity index (χ1) is 15.1. The van der Waals surface area contributed by atoms with Gasteiger partial charge in [-0.1, -0.05) is 41.9 Å². The van der Waals surface area contributed by atoms with Gasteiger partial charge < -0.3 is 9.84 Å². The first-order valence-electron chi connectivity index (χ1n) is 9.90. The van der Waals surface area contributed by atoms with E-state index in [1.807, 2.05) is 24.3 Å². The molecule has 0 amide bonds. The molecule has 0 saturated carbocycles. The molecule has 1 aliphatic rings. The van der Waals surface area contributed by atoms with Crippen molar-refractivity contribution in [1.82, 2.24) is 19.8 Å². The van der Waals surface area contributed by atoms with Gasteiger partial charge in [-0.15, -0.1) is 10.2 Å². The number of Topliss-reactive ketones (excluding diaryl/α,β-unsaturated/α-hetero) is 1. The van der Waals surface area contributed by atoms with E-state index >= 15 is 0 Å². The first kappa shape index (κ1) is 19.7. The van der Waals surface area contributed by atoms with Crippen molar-refractivity contribution in [2.75, 3.05) is 7.11 Å². The van der Waals surface area contributed by atoms with Crippen LogP contribution in [0, 0.1) is 0 Å². The van der Waals surface area contributed by atoms with E-state index < -0.39 is 0 Å². The van der Waals surface area contributed by atoms with Crippen molar-refractivity contribution in [3.05, 3.63) is 76.2 Å². The highest BCUT2D eigenvalue weighted by Gasteiger charge is 2.32. The lowest BCUT2D eigenvalue weighted by Gasteiger charge is -2.23. The van der Waals surface area contributed by atoms with Crippen molar-refractivity contribution in [2.45, 2.75) is 25.4 Å². The van der Waals surface area contributed by atoms with Crippen LogP contribution in [0.1, 0.15) is 39.8 Å². The second-order valence-corrected chi connectivity index (χ2v) is 8.02. The summed E-state index contributed by atoms with van der Waals surface area (Å²) in [6, 6.07) is 14.5. The number of rotatable bonds is 4. The Hall–Kier alpha value is -3.29. The minimum atomic E-state index is -0.164. The van der Waals surface area contributed by atoms with Crippen LogP contribution in [0.5, 0.6) is 5.75 Å². The molecule has 2 aromatic carbocycles.